The topological polar surface area (TPSA) is 66.8 Å². The van der Waals surface area contributed by atoms with Gasteiger partial charge in [0.15, 0.2) is 0 Å². The van der Waals surface area contributed by atoms with E-state index in [0.717, 1.165) is 43.5 Å². The van der Waals surface area contributed by atoms with Gasteiger partial charge in [-0.2, -0.15) is 0 Å². The van der Waals surface area contributed by atoms with Crippen molar-refractivity contribution < 1.29 is 19.4 Å². The van der Waals surface area contributed by atoms with E-state index in [2.05, 4.69) is 19.1 Å². The molecule has 0 spiro atoms. The van der Waals surface area contributed by atoms with Gasteiger partial charge in [-0.25, -0.2) is 4.79 Å². The average molecular weight is 488 g/mol. The van der Waals surface area contributed by atoms with Gasteiger partial charge in [-0.15, -0.1) is 0 Å². The maximum absolute atomic E-state index is 13.2. The number of unbranched alkanes of at least 4 members (excludes halogenated alkanes) is 4. The van der Waals surface area contributed by atoms with Crippen LogP contribution in [-0.2, 0) is 24.2 Å². The lowest BCUT2D eigenvalue weighted by molar-refractivity contribution is -0.130. The predicted molar refractivity (Wildman–Crippen MR) is 143 cm³/mol. The van der Waals surface area contributed by atoms with Gasteiger partial charge in [0.25, 0.3) is 0 Å². The number of benzene rings is 3. The summed E-state index contributed by atoms with van der Waals surface area (Å²) in [4.78, 5) is 26.6. The van der Waals surface area contributed by atoms with Crippen LogP contribution < -0.4 is 4.74 Å². The van der Waals surface area contributed by atoms with Crippen molar-refractivity contribution in [2.75, 3.05) is 13.1 Å². The number of carboxylic acid groups (broad SMARTS) is 1. The van der Waals surface area contributed by atoms with Crippen molar-refractivity contribution in [3.63, 3.8) is 0 Å². The molecule has 0 aliphatic carbocycles. The van der Waals surface area contributed by atoms with E-state index in [0.29, 0.717) is 12.2 Å². The van der Waals surface area contributed by atoms with Crippen LogP contribution >= 0.6 is 0 Å². The number of aromatic carboxylic acids is 1. The zero-order valence-electron chi connectivity index (χ0n) is 21.2. The number of ether oxygens (including phenoxy) is 1. The zero-order valence-corrected chi connectivity index (χ0v) is 21.2. The molecule has 3 rings (SSSR count). The number of carbonyl (C=O) groups excluding carboxylic acids is 1. The van der Waals surface area contributed by atoms with Gasteiger partial charge in [-0.3, -0.25) is 4.79 Å². The Balaban J connectivity index is 1.56. The molecular formula is C31H37NO4. The molecule has 190 valence electrons. The predicted octanol–water partition coefficient (Wildman–Crippen LogP) is 6.55. The van der Waals surface area contributed by atoms with Crippen molar-refractivity contribution >= 4 is 11.9 Å². The van der Waals surface area contributed by atoms with Gasteiger partial charge >= 0.3 is 5.97 Å². The van der Waals surface area contributed by atoms with Crippen molar-refractivity contribution in [1.82, 2.24) is 4.90 Å². The van der Waals surface area contributed by atoms with Gasteiger partial charge in [0.2, 0.25) is 5.91 Å². The molecule has 0 aliphatic rings. The Hall–Kier alpha value is -3.60. The third-order valence-corrected chi connectivity index (χ3v) is 6.29. The summed E-state index contributed by atoms with van der Waals surface area (Å²) < 4.78 is 5.73. The molecule has 3 aromatic rings. The fraction of sp³-hybridized carbons (Fsp3) is 0.355. The minimum absolute atomic E-state index is 0.144. The second-order valence-corrected chi connectivity index (χ2v) is 9.11. The monoisotopic (exact) mass is 487 g/mol. The highest BCUT2D eigenvalue weighted by molar-refractivity contribution is 5.90. The Labute approximate surface area is 214 Å². The number of carboxylic acids is 1. The molecule has 0 aromatic heterocycles. The van der Waals surface area contributed by atoms with E-state index in [9.17, 15) is 14.7 Å². The minimum Gasteiger partial charge on any atom is -0.488 e. The lowest BCUT2D eigenvalue weighted by Crippen LogP contribution is -2.35. The number of hydrogen-bond donors (Lipinski definition) is 1. The fourth-order valence-electron chi connectivity index (χ4n) is 4.15. The summed E-state index contributed by atoms with van der Waals surface area (Å²) in [5, 5.41) is 9.31. The lowest BCUT2D eigenvalue weighted by atomic mass is 10.1. The summed E-state index contributed by atoms with van der Waals surface area (Å²) in [5.74, 6) is -0.514. The highest BCUT2D eigenvalue weighted by Crippen LogP contribution is 2.19. The Kier molecular flexibility index (Phi) is 11.0. The average Bonchev–Trinajstić information content (AvgIpc) is 2.90. The molecule has 0 heterocycles. The summed E-state index contributed by atoms with van der Waals surface area (Å²) in [6.45, 7) is 4.00. The van der Waals surface area contributed by atoms with E-state index >= 15 is 0 Å². The third-order valence-electron chi connectivity index (χ3n) is 6.29. The molecule has 0 radical (unpaired) electrons. The van der Waals surface area contributed by atoms with E-state index in [1.807, 2.05) is 47.4 Å². The molecule has 1 amide bonds. The highest BCUT2D eigenvalue weighted by atomic mass is 16.5. The van der Waals surface area contributed by atoms with E-state index < -0.39 is 5.97 Å². The van der Waals surface area contributed by atoms with E-state index in [-0.39, 0.29) is 18.1 Å². The molecule has 1 N–H and O–H groups in total. The fourth-order valence-corrected chi connectivity index (χ4v) is 4.15. The Bertz CT molecular complexity index is 1080. The van der Waals surface area contributed by atoms with Gasteiger partial charge in [0, 0.05) is 13.1 Å². The molecular weight excluding hydrogens is 450 g/mol. The lowest BCUT2D eigenvalue weighted by Gasteiger charge is -2.23. The summed E-state index contributed by atoms with van der Waals surface area (Å²) in [6, 6.07) is 24.7. The van der Waals surface area contributed by atoms with E-state index in [4.69, 9.17) is 4.74 Å². The molecule has 0 saturated heterocycles. The maximum atomic E-state index is 13.2. The number of nitrogens with zero attached hydrogens (tertiary/aromatic N) is 1. The summed E-state index contributed by atoms with van der Waals surface area (Å²) >= 11 is 0. The molecule has 5 nitrogen and oxygen atoms in total. The molecule has 0 fully saturated rings. The number of carbonyl (C=O) groups is 2. The van der Waals surface area contributed by atoms with E-state index in [1.165, 1.54) is 30.9 Å². The first-order valence-electron chi connectivity index (χ1n) is 12.9. The molecule has 3 aromatic carbocycles. The number of hydrogen-bond acceptors (Lipinski definition) is 3. The molecule has 0 bridgehead atoms. The van der Waals surface area contributed by atoms with Gasteiger partial charge in [0.05, 0.1) is 6.42 Å². The van der Waals surface area contributed by atoms with Crippen molar-refractivity contribution in [3.05, 3.63) is 101 Å². The minimum atomic E-state index is -1.01. The Morgan fingerprint density at radius 2 is 1.42 bits per heavy atom. The summed E-state index contributed by atoms with van der Waals surface area (Å²) in [5.41, 5.74) is 3.27. The van der Waals surface area contributed by atoms with Gasteiger partial charge in [0.1, 0.15) is 17.9 Å². The standard InChI is InChI=1S/C31H37NO4/c1-2-3-4-5-11-21-32(22-20-25-12-7-6-8-13-25)30(33)23-26-16-18-27(19-17-26)24-36-29-15-10-9-14-28(29)31(34)35/h6-10,12-19H,2-5,11,20-24H2,1H3,(H,34,35). The number of rotatable bonds is 15. The van der Waals surface area contributed by atoms with Crippen LogP contribution in [0, 0.1) is 0 Å². The highest BCUT2D eigenvalue weighted by Gasteiger charge is 2.15. The van der Waals surface area contributed by atoms with Crippen LogP contribution in [0.25, 0.3) is 0 Å². The summed E-state index contributed by atoms with van der Waals surface area (Å²) in [6.07, 6.45) is 7.09. The van der Waals surface area contributed by atoms with Crippen LogP contribution in [0.15, 0.2) is 78.9 Å². The Morgan fingerprint density at radius 1 is 0.750 bits per heavy atom. The van der Waals surface area contributed by atoms with Crippen LogP contribution in [0.3, 0.4) is 0 Å². The molecule has 0 unspecified atom stereocenters. The van der Waals surface area contributed by atoms with Crippen LogP contribution in [0.2, 0.25) is 0 Å². The second kappa shape index (κ2) is 14.7. The van der Waals surface area contributed by atoms with Crippen LogP contribution in [0.4, 0.5) is 0 Å². The number of amides is 1. The first-order valence-corrected chi connectivity index (χ1v) is 12.9. The third kappa shape index (κ3) is 8.88. The molecule has 0 saturated carbocycles. The van der Waals surface area contributed by atoms with Crippen LogP contribution in [-0.4, -0.2) is 35.0 Å². The van der Waals surface area contributed by atoms with Crippen molar-refractivity contribution in [2.24, 2.45) is 0 Å². The van der Waals surface area contributed by atoms with E-state index in [1.54, 1.807) is 18.2 Å². The maximum Gasteiger partial charge on any atom is 0.339 e. The first-order chi connectivity index (χ1) is 17.6. The number of para-hydroxylation sites is 1. The van der Waals surface area contributed by atoms with Crippen molar-refractivity contribution in [2.45, 2.75) is 58.5 Å². The SMILES string of the molecule is CCCCCCCN(CCc1ccccc1)C(=O)Cc1ccc(COc2ccccc2C(=O)O)cc1. The van der Waals surface area contributed by atoms with Gasteiger partial charge < -0.3 is 14.7 Å². The molecule has 0 aliphatic heterocycles. The molecule has 5 heteroatoms. The van der Waals surface area contributed by atoms with Crippen molar-refractivity contribution in [1.29, 1.82) is 0 Å². The van der Waals surface area contributed by atoms with Crippen LogP contribution in [0.1, 0.15) is 66.1 Å². The smallest absolute Gasteiger partial charge is 0.339 e. The van der Waals surface area contributed by atoms with Gasteiger partial charge in [-0.1, -0.05) is 99.3 Å². The normalized spacial score (nSPS) is 10.7. The van der Waals surface area contributed by atoms with Crippen molar-refractivity contribution in [3.8, 4) is 5.75 Å². The van der Waals surface area contributed by atoms with Crippen LogP contribution in [0.5, 0.6) is 5.75 Å². The first kappa shape index (κ1) is 27.0. The quantitative estimate of drug-likeness (QED) is 0.247. The summed E-state index contributed by atoms with van der Waals surface area (Å²) in [7, 11) is 0. The largest absolute Gasteiger partial charge is 0.488 e. The second-order valence-electron chi connectivity index (χ2n) is 9.11. The Morgan fingerprint density at radius 3 is 2.14 bits per heavy atom. The molecule has 36 heavy (non-hydrogen) atoms. The van der Waals surface area contributed by atoms with Gasteiger partial charge in [-0.05, 0) is 41.7 Å². The zero-order chi connectivity index (χ0) is 25.6. The molecule has 0 atom stereocenters.